The van der Waals surface area contributed by atoms with Crippen molar-refractivity contribution in [3.8, 4) is 17.2 Å². The van der Waals surface area contributed by atoms with Crippen LogP contribution < -0.4 is 16.0 Å². The van der Waals surface area contributed by atoms with Crippen LogP contribution in [0.2, 0.25) is 10.2 Å². The number of rotatable bonds is 10. The average Bonchev–Trinajstić information content (AvgIpc) is 3.62. The summed E-state index contributed by atoms with van der Waals surface area (Å²) in [5.41, 5.74) is 2.12. The van der Waals surface area contributed by atoms with Crippen LogP contribution in [0.5, 0.6) is 0 Å². The number of anilines is 2. The third kappa shape index (κ3) is 6.31. The molecule has 0 aliphatic heterocycles. The standard InChI is InChI=1S/C25H32Cl2N6O/c1-16(13-34-2)32-18-3-5-19(6-4-18)33-23-10-20(21(26)12-29-23)17-9-22(24(27)30-11-17)31-15-25(14-28)7-8-25/h9-12,16,18-19,31-32H,3-8,13,15H2,1-2H3,(H,29,33)/t16-,18?,19?/m0/s1. The predicted molar refractivity (Wildman–Crippen MR) is 137 cm³/mol. The van der Waals surface area contributed by atoms with Gasteiger partial charge in [0.2, 0.25) is 0 Å². The number of hydrogen-bond donors (Lipinski definition) is 3. The minimum absolute atomic E-state index is 0.277. The number of methoxy groups -OCH3 is 1. The summed E-state index contributed by atoms with van der Waals surface area (Å²) in [6.45, 7) is 3.45. The molecule has 34 heavy (non-hydrogen) atoms. The third-order valence-electron chi connectivity index (χ3n) is 6.73. The first-order chi connectivity index (χ1) is 16.4. The zero-order valence-electron chi connectivity index (χ0n) is 19.7. The number of nitriles is 1. The van der Waals surface area contributed by atoms with Gasteiger partial charge in [0.25, 0.3) is 0 Å². The molecule has 2 fully saturated rings. The van der Waals surface area contributed by atoms with Crippen molar-refractivity contribution in [2.24, 2.45) is 5.41 Å². The lowest BCUT2D eigenvalue weighted by molar-refractivity contribution is 0.161. The summed E-state index contributed by atoms with van der Waals surface area (Å²) in [6, 6.07) is 7.56. The van der Waals surface area contributed by atoms with Gasteiger partial charge in [0, 0.05) is 55.3 Å². The molecule has 0 radical (unpaired) electrons. The number of hydrogen-bond acceptors (Lipinski definition) is 7. The molecule has 3 N–H and O–H groups in total. The van der Waals surface area contributed by atoms with Crippen LogP contribution in [0.15, 0.2) is 24.5 Å². The molecule has 4 rings (SSSR count). The van der Waals surface area contributed by atoms with Gasteiger partial charge in [-0.3, -0.25) is 0 Å². The molecule has 2 aliphatic carbocycles. The molecule has 9 heteroatoms. The van der Waals surface area contributed by atoms with E-state index < -0.39 is 0 Å². The minimum atomic E-state index is -0.277. The van der Waals surface area contributed by atoms with Crippen molar-refractivity contribution in [3.63, 3.8) is 0 Å². The van der Waals surface area contributed by atoms with Gasteiger partial charge in [-0.1, -0.05) is 23.2 Å². The van der Waals surface area contributed by atoms with Crippen LogP contribution in [0, 0.1) is 16.7 Å². The largest absolute Gasteiger partial charge is 0.383 e. The van der Waals surface area contributed by atoms with Crippen molar-refractivity contribution in [2.45, 2.75) is 63.6 Å². The van der Waals surface area contributed by atoms with E-state index in [4.69, 9.17) is 27.9 Å². The molecule has 0 saturated heterocycles. The highest BCUT2D eigenvalue weighted by Gasteiger charge is 2.43. The van der Waals surface area contributed by atoms with Gasteiger partial charge in [-0.25, -0.2) is 9.97 Å². The lowest BCUT2D eigenvalue weighted by atomic mass is 9.90. The van der Waals surface area contributed by atoms with E-state index in [1.54, 1.807) is 19.5 Å². The number of nitrogens with one attached hydrogen (secondary N) is 3. The second-order valence-electron chi connectivity index (χ2n) is 9.57. The van der Waals surface area contributed by atoms with E-state index in [9.17, 15) is 5.26 Å². The summed E-state index contributed by atoms with van der Waals surface area (Å²) >= 11 is 12.8. The van der Waals surface area contributed by atoms with E-state index in [1.165, 1.54) is 0 Å². The summed E-state index contributed by atoms with van der Waals surface area (Å²) < 4.78 is 5.23. The molecule has 0 bridgehead atoms. The molecule has 2 saturated carbocycles. The fourth-order valence-electron chi connectivity index (χ4n) is 4.52. The Bertz CT molecular complexity index is 1030. The maximum absolute atomic E-state index is 9.33. The lowest BCUT2D eigenvalue weighted by Gasteiger charge is -2.32. The van der Waals surface area contributed by atoms with Crippen LogP contribution in [-0.2, 0) is 4.74 Å². The number of ether oxygens (including phenoxy) is 1. The van der Waals surface area contributed by atoms with E-state index in [1.807, 2.05) is 12.1 Å². The summed E-state index contributed by atoms with van der Waals surface area (Å²) in [4.78, 5) is 8.84. The summed E-state index contributed by atoms with van der Waals surface area (Å²) in [5.74, 6) is 0.800. The molecule has 2 aromatic rings. The van der Waals surface area contributed by atoms with Crippen molar-refractivity contribution in [1.82, 2.24) is 15.3 Å². The molecule has 182 valence electrons. The molecule has 7 nitrogen and oxygen atoms in total. The SMILES string of the molecule is COC[C@H](C)NC1CCC(Nc2cc(-c3cnc(Cl)c(NCC4(C#N)CC4)c3)c(Cl)cn2)CC1. The number of aromatic nitrogens is 2. The first-order valence-corrected chi connectivity index (χ1v) is 12.6. The van der Waals surface area contributed by atoms with E-state index in [0.717, 1.165) is 62.1 Å². The topological polar surface area (TPSA) is 94.9 Å². The second kappa shape index (κ2) is 11.1. The van der Waals surface area contributed by atoms with E-state index in [-0.39, 0.29) is 5.41 Å². The third-order valence-corrected chi connectivity index (χ3v) is 7.33. The van der Waals surface area contributed by atoms with Crippen LogP contribution in [0.1, 0.15) is 45.4 Å². The van der Waals surface area contributed by atoms with Crippen LogP contribution >= 0.6 is 23.2 Å². The van der Waals surface area contributed by atoms with Crippen molar-refractivity contribution >= 4 is 34.7 Å². The number of pyridine rings is 2. The van der Waals surface area contributed by atoms with E-state index in [2.05, 4.69) is 38.9 Å². The van der Waals surface area contributed by atoms with Crippen molar-refractivity contribution < 1.29 is 4.74 Å². The van der Waals surface area contributed by atoms with Crippen LogP contribution in [-0.4, -0.2) is 48.4 Å². The van der Waals surface area contributed by atoms with Gasteiger partial charge in [0.05, 0.1) is 28.8 Å². The first kappa shape index (κ1) is 25.0. The van der Waals surface area contributed by atoms with Gasteiger partial charge < -0.3 is 20.7 Å². The fraction of sp³-hybridized carbons (Fsp3) is 0.560. The zero-order chi connectivity index (χ0) is 24.1. The smallest absolute Gasteiger partial charge is 0.152 e. The maximum Gasteiger partial charge on any atom is 0.152 e. The molecule has 0 aromatic carbocycles. The molecule has 2 aliphatic rings. The van der Waals surface area contributed by atoms with Crippen molar-refractivity contribution in [1.29, 1.82) is 5.26 Å². The van der Waals surface area contributed by atoms with Gasteiger partial charge in [0.15, 0.2) is 5.15 Å². The maximum atomic E-state index is 9.33. The Kier molecular flexibility index (Phi) is 8.15. The normalized spacial score (nSPS) is 22.0. The van der Waals surface area contributed by atoms with Gasteiger partial charge in [-0.2, -0.15) is 5.26 Å². The van der Waals surface area contributed by atoms with Gasteiger partial charge in [0.1, 0.15) is 5.82 Å². The summed E-state index contributed by atoms with van der Waals surface area (Å²) in [5, 5.41) is 20.8. The molecule has 2 heterocycles. The minimum Gasteiger partial charge on any atom is -0.383 e. The highest BCUT2D eigenvalue weighted by Crippen LogP contribution is 2.45. The Morgan fingerprint density at radius 1 is 1.15 bits per heavy atom. The van der Waals surface area contributed by atoms with Crippen LogP contribution in [0.4, 0.5) is 11.5 Å². The van der Waals surface area contributed by atoms with E-state index in [0.29, 0.717) is 40.5 Å². The van der Waals surface area contributed by atoms with Gasteiger partial charge in [-0.05, 0) is 57.6 Å². The molecule has 0 amide bonds. The molecular weight excluding hydrogens is 471 g/mol. The Balaban J connectivity index is 1.40. The second-order valence-corrected chi connectivity index (χ2v) is 10.3. The number of halogens is 2. The lowest BCUT2D eigenvalue weighted by Crippen LogP contribution is -2.42. The van der Waals surface area contributed by atoms with Gasteiger partial charge in [-0.15, -0.1) is 0 Å². The van der Waals surface area contributed by atoms with Crippen LogP contribution in [0.25, 0.3) is 11.1 Å². The van der Waals surface area contributed by atoms with Crippen molar-refractivity contribution in [3.05, 3.63) is 34.7 Å². The summed E-state index contributed by atoms with van der Waals surface area (Å²) in [6.07, 6.45) is 9.61. The fourth-order valence-corrected chi connectivity index (χ4v) is 4.90. The highest BCUT2D eigenvalue weighted by atomic mass is 35.5. The quantitative estimate of drug-likeness (QED) is 0.368. The first-order valence-electron chi connectivity index (χ1n) is 11.9. The van der Waals surface area contributed by atoms with Crippen LogP contribution in [0.3, 0.4) is 0 Å². The van der Waals surface area contributed by atoms with E-state index >= 15 is 0 Å². The average molecular weight is 503 g/mol. The Morgan fingerprint density at radius 3 is 2.56 bits per heavy atom. The molecule has 2 aromatic heterocycles. The van der Waals surface area contributed by atoms with Gasteiger partial charge >= 0.3 is 0 Å². The number of nitrogens with zero attached hydrogens (tertiary/aromatic N) is 3. The highest BCUT2D eigenvalue weighted by molar-refractivity contribution is 6.33. The molecular formula is C25H32Cl2N6O. The monoisotopic (exact) mass is 502 g/mol. The predicted octanol–water partition coefficient (Wildman–Crippen LogP) is 5.51. The molecule has 0 unspecified atom stereocenters. The van der Waals surface area contributed by atoms with Crippen molar-refractivity contribution in [2.75, 3.05) is 30.9 Å². The Morgan fingerprint density at radius 2 is 1.88 bits per heavy atom. The zero-order valence-corrected chi connectivity index (χ0v) is 21.2. The Hall–Kier alpha value is -2.11. The molecule has 1 atom stereocenters. The summed E-state index contributed by atoms with van der Waals surface area (Å²) in [7, 11) is 1.74. The molecule has 0 spiro atoms. The Labute approximate surface area is 211 Å².